The topological polar surface area (TPSA) is 152 Å². The zero-order chi connectivity index (χ0) is 31.5. The van der Waals surface area contributed by atoms with Crippen molar-refractivity contribution in [3.63, 3.8) is 0 Å². The summed E-state index contributed by atoms with van der Waals surface area (Å²) in [7, 11) is -0.201. The van der Waals surface area contributed by atoms with E-state index in [1.165, 1.54) is 25.3 Å². The van der Waals surface area contributed by atoms with Gasteiger partial charge in [0.15, 0.2) is 17.7 Å². The summed E-state index contributed by atoms with van der Waals surface area (Å²) in [6.07, 6.45) is 2.54. The van der Waals surface area contributed by atoms with E-state index in [4.69, 9.17) is 14.2 Å². The van der Waals surface area contributed by atoms with Crippen molar-refractivity contribution in [3.05, 3.63) is 35.7 Å². The molecule has 1 amide bonds. The smallest absolute Gasteiger partial charge is 0.478 e. The number of fused-ring (bicyclic) bond motifs is 1. The second-order valence-corrected chi connectivity index (χ2v) is 13.5. The van der Waals surface area contributed by atoms with Gasteiger partial charge >= 0.3 is 13.1 Å². The lowest BCUT2D eigenvalue weighted by atomic mass is 9.41. The first-order valence-electron chi connectivity index (χ1n) is 14.9. The average molecular weight is 601 g/mol. The van der Waals surface area contributed by atoms with Gasteiger partial charge in [-0.05, 0) is 60.0 Å². The maximum atomic E-state index is 15.7. The number of aliphatic hydroxyl groups excluding tert-OH is 1. The zero-order valence-electron chi connectivity index (χ0n) is 25.3. The molecule has 1 heterocycles. The fraction of sp³-hybridized carbons (Fsp3) is 0.645. The van der Waals surface area contributed by atoms with E-state index in [-0.39, 0.29) is 41.9 Å². The lowest BCUT2D eigenvalue weighted by Gasteiger charge is -2.63. The molecule has 234 valence electrons. The van der Waals surface area contributed by atoms with Gasteiger partial charge in [0.25, 0.3) is 5.91 Å². The summed E-state index contributed by atoms with van der Waals surface area (Å²) in [6.45, 7) is 7.71. The first kappa shape index (κ1) is 31.6. The Balaban J connectivity index is 1.68. The SMILES string of the molecule is CONC(=O)/C=C/[C@]1(C)C[C@@H](C(Oc2ccc3c(c2F)B(O)OC3)C(=O)O)[C@@]2(C)[C@H](C)CC[C@]3(CCC(=O)[C@H]32)[C@@H](C)[C@@H]1O. The van der Waals surface area contributed by atoms with Crippen molar-refractivity contribution < 1.29 is 48.2 Å². The lowest BCUT2D eigenvalue weighted by molar-refractivity contribution is -0.193. The molecule has 4 N–H and O–H groups in total. The van der Waals surface area contributed by atoms with Crippen LogP contribution in [0.1, 0.15) is 65.4 Å². The minimum Gasteiger partial charge on any atom is -0.478 e. The fourth-order valence-electron chi connectivity index (χ4n) is 9.07. The van der Waals surface area contributed by atoms with Crippen molar-refractivity contribution >= 4 is 30.2 Å². The van der Waals surface area contributed by atoms with Crippen molar-refractivity contribution in [2.75, 3.05) is 7.11 Å². The molecule has 3 fully saturated rings. The number of hydrogen-bond donors (Lipinski definition) is 4. The van der Waals surface area contributed by atoms with E-state index in [2.05, 4.69) is 5.48 Å². The number of carbonyl (C=O) groups excluding carboxylic acids is 2. The molecule has 2 bridgehead atoms. The van der Waals surface area contributed by atoms with E-state index in [1.807, 2.05) is 20.8 Å². The number of benzene rings is 1. The number of Topliss-reactive ketones (excluding diaryl/α,β-unsaturated/α-hetero) is 1. The number of aliphatic carboxylic acids is 1. The van der Waals surface area contributed by atoms with Gasteiger partial charge in [-0.25, -0.2) is 14.7 Å². The van der Waals surface area contributed by atoms with E-state index in [0.29, 0.717) is 24.8 Å². The molecule has 0 spiro atoms. The molecule has 5 rings (SSSR count). The molecule has 0 saturated heterocycles. The van der Waals surface area contributed by atoms with Crippen LogP contribution in [0.3, 0.4) is 0 Å². The summed E-state index contributed by atoms with van der Waals surface area (Å²) in [5.74, 6) is -4.96. The second-order valence-electron chi connectivity index (χ2n) is 13.5. The number of ketones is 1. The maximum absolute atomic E-state index is 15.7. The summed E-state index contributed by atoms with van der Waals surface area (Å²) in [4.78, 5) is 44.0. The molecule has 1 aliphatic heterocycles. The van der Waals surface area contributed by atoms with Crippen LogP contribution in [0, 0.1) is 45.7 Å². The van der Waals surface area contributed by atoms with Crippen molar-refractivity contribution in [1.82, 2.24) is 5.48 Å². The number of hydrogen-bond acceptors (Lipinski definition) is 8. The quantitative estimate of drug-likeness (QED) is 0.210. The largest absolute Gasteiger partial charge is 0.494 e. The molecular weight excluding hydrogens is 560 g/mol. The van der Waals surface area contributed by atoms with Gasteiger partial charge in [0, 0.05) is 35.2 Å². The molecule has 9 atom stereocenters. The Morgan fingerprint density at radius 3 is 2.65 bits per heavy atom. The number of halogens is 1. The van der Waals surface area contributed by atoms with Gasteiger partial charge in [-0.2, -0.15) is 0 Å². The Labute approximate surface area is 251 Å². The van der Waals surface area contributed by atoms with E-state index < -0.39 is 65.1 Å². The number of carboxylic acids is 1. The lowest BCUT2D eigenvalue weighted by Crippen LogP contribution is -2.63. The Morgan fingerprint density at radius 2 is 1.98 bits per heavy atom. The van der Waals surface area contributed by atoms with Crippen molar-refractivity contribution in [1.29, 1.82) is 0 Å². The van der Waals surface area contributed by atoms with Crippen molar-refractivity contribution in [2.45, 2.75) is 78.6 Å². The molecule has 1 aromatic rings. The van der Waals surface area contributed by atoms with E-state index in [9.17, 15) is 29.6 Å². The minimum absolute atomic E-state index is 0.0115. The van der Waals surface area contributed by atoms with Crippen LogP contribution in [-0.4, -0.2) is 59.3 Å². The Kier molecular flexibility index (Phi) is 8.30. The highest BCUT2D eigenvalue weighted by molar-refractivity contribution is 6.61. The summed E-state index contributed by atoms with van der Waals surface area (Å²) in [6, 6.07) is 2.86. The second kappa shape index (κ2) is 11.3. The fourth-order valence-corrected chi connectivity index (χ4v) is 9.07. The Hall–Kier alpha value is -2.80. The van der Waals surface area contributed by atoms with Crippen LogP contribution >= 0.6 is 0 Å². The molecule has 3 saturated carbocycles. The van der Waals surface area contributed by atoms with Crippen molar-refractivity contribution in [2.24, 2.45) is 39.9 Å². The van der Waals surface area contributed by atoms with E-state index in [0.717, 1.165) is 6.42 Å². The normalized spacial score (nSPS) is 37.8. The minimum atomic E-state index is -1.62. The summed E-state index contributed by atoms with van der Waals surface area (Å²) >= 11 is 0. The number of aliphatic hydroxyl groups is 1. The molecule has 12 heteroatoms. The third kappa shape index (κ3) is 4.90. The number of hydroxylamine groups is 1. The number of carbonyl (C=O) groups is 3. The van der Waals surface area contributed by atoms with Gasteiger partial charge in [0.05, 0.1) is 19.8 Å². The van der Waals surface area contributed by atoms with Crippen LogP contribution in [0.15, 0.2) is 24.3 Å². The monoisotopic (exact) mass is 601 g/mol. The predicted molar refractivity (Wildman–Crippen MR) is 153 cm³/mol. The third-order valence-corrected chi connectivity index (χ3v) is 11.5. The molecule has 4 aliphatic rings. The van der Waals surface area contributed by atoms with Crippen LogP contribution in [0.5, 0.6) is 5.75 Å². The number of carboxylic acid groups (broad SMARTS) is 1. The Morgan fingerprint density at radius 1 is 1.26 bits per heavy atom. The predicted octanol–water partition coefficient (Wildman–Crippen LogP) is 2.53. The third-order valence-electron chi connectivity index (χ3n) is 11.5. The molecule has 0 aromatic heterocycles. The molecule has 43 heavy (non-hydrogen) atoms. The molecule has 10 nitrogen and oxygen atoms in total. The number of nitrogens with one attached hydrogen (secondary N) is 1. The Bertz CT molecular complexity index is 1340. The number of amides is 1. The van der Waals surface area contributed by atoms with Crippen LogP contribution in [0.25, 0.3) is 0 Å². The molecule has 3 aliphatic carbocycles. The molecule has 1 unspecified atom stereocenters. The van der Waals surface area contributed by atoms with E-state index >= 15 is 4.39 Å². The highest BCUT2D eigenvalue weighted by Gasteiger charge is 2.69. The summed E-state index contributed by atoms with van der Waals surface area (Å²) in [5.41, 5.74) is -0.0418. The van der Waals surface area contributed by atoms with Gasteiger partial charge in [0.1, 0.15) is 5.78 Å². The standard InChI is InChI=1S/C31H41BFNO9/c1-16-8-12-31-13-9-20(35)26(31)30(16,4)19(14-29(3,27(37)17(31)2)11-10-22(36)34-41-5)25(28(38)39)43-21-7-6-18-15-42-32(40)23(18)24(21)33/h6-7,10-11,16-17,19,25-27,37,40H,8-9,12-15H2,1-5H3,(H,34,36)(H,38,39)/b11-10+/t16-,17+,19+,25?,26+,27+,29-,30-,31+/m1/s1. The van der Waals surface area contributed by atoms with Gasteiger partial charge in [-0.1, -0.05) is 39.8 Å². The first-order chi connectivity index (χ1) is 20.2. The van der Waals surface area contributed by atoms with Crippen LogP contribution < -0.4 is 15.7 Å². The van der Waals surface area contributed by atoms with Gasteiger partial charge in [-0.15, -0.1) is 0 Å². The van der Waals surface area contributed by atoms with Gasteiger partial charge in [-0.3, -0.25) is 14.4 Å². The van der Waals surface area contributed by atoms with Gasteiger partial charge < -0.3 is 24.6 Å². The number of rotatable bonds is 7. The highest BCUT2D eigenvalue weighted by Crippen LogP contribution is 2.69. The zero-order valence-corrected chi connectivity index (χ0v) is 25.3. The average Bonchev–Trinajstić information content (AvgIpc) is 3.52. The van der Waals surface area contributed by atoms with Crippen molar-refractivity contribution in [3.8, 4) is 5.75 Å². The van der Waals surface area contributed by atoms with Crippen LogP contribution in [0.4, 0.5) is 4.39 Å². The maximum Gasteiger partial charge on any atom is 0.494 e. The van der Waals surface area contributed by atoms with E-state index in [1.54, 1.807) is 13.0 Å². The molecule has 1 aromatic carbocycles. The first-order valence-corrected chi connectivity index (χ1v) is 14.9. The molecular formula is C31H41BFNO9. The number of ether oxygens (including phenoxy) is 1. The molecule has 0 radical (unpaired) electrons. The van der Waals surface area contributed by atoms with Crippen LogP contribution in [-0.2, 0) is 30.5 Å². The van der Waals surface area contributed by atoms with Crippen LogP contribution in [0.2, 0.25) is 0 Å². The summed E-state index contributed by atoms with van der Waals surface area (Å²) in [5, 5.41) is 32.9. The highest BCUT2D eigenvalue weighted by atomic mass is 19.1. The van der Waals surface area contributed by atoms with Gasteiger partial charge in [0.2, 0.25) is 0 Å². The summed E-state index contributed by atoms with van der Waals surface area (Å²) < 4.78 is 26.9.